The highest BCUT2D eigenvalue weighted by atomic mass is 32.1. The van der Waals surface area contributed by atoms with Crippen molar-refractivity contribution in [3.63, 3.8) is 0 Å². The zero-order valence-corrected chi connectivity index (χ0v) is 15.5. The summed E-state index contributed by atoms with van der Waals surface area (Å²) in [5.74, 6) is 0.680. The summed E-state index contributed by atoms with van der Waals surface area (Å²) in [6.45, 7) is 6.69. The van der Waals surface area contributed by atoms with E-state index < -0.39 is 5.54 Å². The van der Waals surface area contributed by atoms with Crippen LogP contribution < -0.4 is 4.74 Å². The van der Waals surface area contributed by atoms with Crippen LogP contribution in [0.5, 0.6) is 5.75 Å². The summed E-state index contributed by atoms with van der Waals surface area (Å²) in [6.07, 6.45) is 0. The van der Waals surface area contributed by atoms with E-state index in [1.54, 1.807) is 24.0 Å². The molecule has 0 bridgehead atoms. The zero-order chi connectivity index (χ0) is 17.6. The standard InChI is InChI=1S/C18H22N2O3S/c1-11-13-10-12(23-5)6-7-14(13)24-15(11)16(21)20-9-8-19(4)17(22)18(20,2)3/h6-7,10H,8-9H2,1-5H3. The summed E-state index contributed by atoms with van der Waals surface area (Å²) in [6, 6.07) is 5.83. The Morgan fingerprint density at radius 1 is 1.29 bits per heavy atom. The molecule has 0 N–H and O–H groups in total. The third kappa shape index (κ3) is 2.45. The Kier molecular flexibility index (Phi) is 4.03. The van der Waals surface area contributed by atoms with Crippen molar-refractivity contribution in [2.75, 3.05) is 27.2 Å². The molecule has 2 amide bonds. The minimum atomic E-state index is -0.829. The largest absolute Gasteiger partial charge is 0.497 e. The van der Waals surface area contributed by atoms with Crippen LogP contribution in [0.3, 0.4) is 0 Å². The lowest BCUT2D eigenvalue weighted by atomic mass is 9.97. The second-order valence-electron chi connectivity index (χ2n) is 6.66. The first-order valence-corrected chi connectivity index (χ1v) is 8.73. The quantitative estimate of drug-likeness (QED) is 0.840. The van der Waals surface area contributed by atoms with E-state index in [0.29, 0.717) is 18.0 Å². The van der Waals surface area contributed by atoms with Crippen LogP contribution in [0, 0.1) is 6.92 Å². The molecule has 3 rings (SSSR count). The van der Waals surface area contributed by atoms with Gasteiger partial charge in [-0.3, -0.25) is 9.59 Å². The molecule has 0 aliphatic carbocycles. The van der Waals surface area contributed by atoms with Crippen LogP contribution in [0.4, 0.5) is 0 Å². The molecule has 1 fully saturated rings. The van der Waals surface area contributed by atoms with Crippen LogP contribution in [0.15, 0.2) is 18.2 Å². The van der Waals surface area contributed by atoms with Gasteiger partial charge in [-0.05, 0) is 49.9 Å². The first kappa shape index (κ1) is 16.8. The molecule has 1 aliphatic heterocycles. The summed E-state index contributed by atoms with van der Waals surface area (Å²) in [5.41, 5.74) is 0.116. The van der Waals surface area contributed by atoms with E-state index in [-0.39, 0.29) is 11.8 Å². The number of carbonyl (C=O) groups is 2. The fourth-order valence-corrected chi connectivity index (χ4v) is 4.36. The average Bonchev–Trinajstić information content (AvgIpc) is 2.88. The number of carbonyl (C=O) groups excluding carboxylic acids is 2. The van der Waals surface area contributed by atoms with Crippen molar-refractivity contribution in [1.29, 1.82) is 0 Å². The van der Waals surface area contributed by atoms with Crippen LogP contribution in [0.1, 0.15) is 29.1 Å². The summed E-state index contributed by atoms with van der Waals surface area (Å²) in [4.78, 5) is 29.7. The third-order valence-corrected chi connectivity index (χ3v) is 6.05. The summed E-state index contributed by atoms with van der Waals surface area (Å²) >= 11 is 1.48. The molecule has 0 unspecified atom stereocenters. The van der Waals surface area contributed by atoms with Crippen LogP contribution in [0.2, 0.25) is 0 Å². The number of methoxy groups -OCH3 is 1. The maximum Gasteiger partial charge on any atom is 0.265 e. The molecule has 5 nitrogen and oxygen atoms in total. The van der Waals surface area contributed by atoms with Gasteiger partial charge in [0.25, 0.3) is 5.91 Å². The molecule has 0 radical (unpaired) electrons. The van der Waals surface area contributed by atoms with Crippen molar-refractivity contribution in [2.45, 2.75) is 26.3 Å². The van der Waals surface area contributed by atoms with Gasteiger partial charge in [-0.15, -0.1) is 11.3 Å². The highest BCUT2D eigenvalue weighted by molar-refractivity contribution is 7.21. The van der Waals surface area contributed by atoms with Crippen molar-refractivity contribution in [1.82, 2.24) is 9.80 Å². The fourth-order valence-electron chi connectivity index (χ4n) is 3.22. The topological polar surface area (TPSA) is 49.9 Å². The van der Waals surface area contributed by atoms with E-state index in [2.05, 4.69) is 0 Å². The SMILES string of the molecule is COc1ccc2sc(C(=O)N3CCN(C)C(=O)C3(C)C)c(C)c2c1. The normalized spacial score (nSPS) is 17.5. The first-order chi connectivity index (χ1) is 11.3. The van der Waals surface area contributed by atoms with Crippen molar-refractivity contribution in [2.24, 2.45) is 0 Å². The molecule has 0 atom stereocenters. The van der Waals surface area contributed by atoms with Crippen LogP contribution >= 0.6 is 11.3 Å². The van der Waals surface area contributed by atoms with Gasteiger partial charge in [0.15, 0.2) is 0 Å². The molecule has 24 heavy (non-hydrogen) atoms. The molecule has 1 saturated heterocycles. The lowest BCUT2D eigenvalue weighted by Gasteiger charge is -2.44. The molecule has 1 aliphatic rings. The van der Waals surface area contributed by atoms with Crippen molar-refractivity contribution < 1.29 is 14.3 Å². The van der Waals surface area contributed by atoms with E-state index in [1.165, 1.54) is 11.3 Å². The Hall–Kier alpha value is -2.08. The van der Waals surface area contributed by atoms with Gasteiger partial charge in [0.2, 0.25) is 5.91 Å². The molecule has 1 aromatic heterocycles. The number of likely N-dealkylation sites (N-methyl/N-ethyl adjacent to an activating group) is 1. The Morgan fingerprint density at radius 3 is 2.67 bits per heavy atom. The number of rotatable bonds is 2. The smallest absolute Gasteiger partial charge is 0.265 e. The second kappa shape index (κ2) is 5.77. The van der Waals surface area contributed by atoms with Crippen LogP contribution in [0.25, 0.3) is 10.1 Å². The van der Waals surface area contributed by atoms with Gasteiger partial charge in [0.05, 0.1) is 12.0 Å². The molecule has 0 saturated carbocycles. The van der Waals surface area contributed by atoms with E-state index in [1.807, 2.05) is 39.0 Å². The van der Waals surface area contributed by atoms with Crippen LogP contribution in [-0.4, -0.2) is 54.4 Å². The number of thiophene rings is 1. The van der Waals surface area contributed by atoms with Gasteiger partial charge in [0, 0.05) is 24.8 Å². The summed E-state index contributed by atoms with van der Waals surface area (Å²) < 4.78 is 6.33. The Labute approximate surface area is 145 Å². The van der Waals surface area contributed by atoms with Gasteiger partial charge < -0.3 is 14.5 Å². The van der Waals surface area contributed by atoms with Crippen molar-refractivity contribution >= 4 is 33.2 Å². The van der Waals surface area contributed by atoms with E-state index >= 15 is 0 Å². The third-order valence-electron chi connectivity index (χ3n) is 4.79. The van der Waals surface area contributed by atoms with E-state index in [0.717, 1.165) is 21.4 Å². The minimum Gasteiger partial charge on any atom is -0.497 e. The number of benzene rings is 1. The summed E-state index contributed by atoms with van der Waals surface area (Å²) in [5, 5.41) is 1.03. The number of hydrogen-bond acceptors (Lipinski definition) is 4. The van der Waals surface area contributed by atoms with E-state index in [9.17, 15) is 9.59 Å². The maximum absolute atomic E-state index is 13.1. The number of nitrogens with zero attached hydrogens (tertiary/aromatic N) is 2. The van der Waals surface area contributed by atoms with Gasteiger partial charge in [-0.25, -0.2) is 0 Å². The maximum atomic E-state index is 13.1. The molecule has 2 heterocycles. The Balaban J connectivity index is 2.02. The molecule has 6 heteroatoms. The fraction of sp³-hybridized carbons (Fsp3) is 0.444. The predicted molar refractivity (Wildman–Crippen MR) is 95.9 cm³/mol. The highest BCUT2D eigenvalue weighted by Crippen LogP contribution is 2.35. The second-order valence-corrected chi connectivity index (χ2v) is 7.71. The van der Waals surface area contributed by atoms with E-state index in [4.69, 9.17) is 4.74 Å². The van der Waals surface area contributed by atoms with Crippen LogP contribution in [-0.2, 0) is 4.79 Å². The molecular formula is C18H22N2O3S. The summed E-state index contributed by atoms with van der Waals surface area (Å²) in [7, 11) is 3.41. The monoisotopic (exact) mass is 346 g/mol. The number of ether oxygens (including phenoxy) is 1. The van der Waals surface area contributed by atoms with Crippen molar-refractivity contribution in [3.05, 3.63) is 28.6 Å². The van der Waals surface area contributed by atoms with Gasteiger partial charge in [-0.2, -0.15) is 0 Å². The lowest BCUT2D eigenvalue weighted by Crippen LogP contribution is -2.63. The lowest BCUT2D eigenvalue weighted by molar-refractivity contribution is -0.144. The van der Waals surface area contributed by atoms with Gasteiger partial charge in [-0.1, -0.05) is 0 Å². The average molecular weight is 346 g/mol. The predicted octanol–water partition coefficient (Wildman–Crippen LogP) is 2.91. The molecule has 2 aromatic rings. The molecular weight excluding hydrogens is 324 g/mol. The minimum absolute atomic E-state index is 0.0254. The highest BCUT2D eigenvalue weighted by Gasteiger charge is 2.43. The number of hydrogen-bond donors (Lipinski definition) is 0. The Bertz CT molecular complexity index is 825. The number of piperazine rings is 1. The van der Waals surface area contributed by atoms with Gasteiger partial charge in [0.1, 0.15) is 11.3 Å². The molecule has 1 aromatic carbocycles. The molecule has 0 spiro atoms. The Morgan fingerprint density at radius 2 is 2.00 bits per heavy atom. The number of fused-ring (bicyclic) bond motifs is 1. The number of aryl methyl sites for hydroxylation is 1. The number of amides is 2. The molecule has 128 valence electrons. The van der Waals surface area contributed by atoms with Gasteiger partial charge >= 0.3 is 0 Å². The van der Waals surface area contributed by atoms with Crippen molar-refractivity contribution in [3.8, 4) is 5.75 Å². The zero-order valence-electron chi connectivity index (χ0n) is 14.7. The first-order valence-electron chi connectivity index (χ1n) is 7.92.